The Morgan fingerprint density at radius 2 is 1.74 bits per heavy atom. The number of fused-ring (bicyclic) bond motifs is 1. The number of halogens is 1. The lowest BCUT2D eigenvalue weighted by Gasteiger charge is -2.08. The molecule has 114 valence electrons. The van der Waals surface area contributed by atoms with E-state index in [9.17, 15) is 4.79 Å². The normalized spacial score (nSPS) is 10.8. The second-order valence-corrected chi connectivity index (χ2v) is 5.93. The van der Waals surface area contributed by atoms with Crippen molar-refractivity contribution in [3.8, 4) is 0 Å². The number of urea groups is 1. The molecule has 0 saturated heterocycles. The van der Waals surface area contributed by atoms with E-state index in [4.69, 9.17) is 0 Å². The van der Waals surface area contributed by atoms with Gasteiger partial charge < -0.3 is 10.6 Å². The van der Waals surface area contributed by atoms with E-state index >= 15 is 0 Å². The molecule has 2 N–H and O–H groups in total. The number of carbonyl (C=O) groups is 1. The minimum absolute atomic E-state index is 0.271. The molecular weight excluding hydrogens is 352 g/mol. The number of benzene rings is 3. The topological polar surface area (TPSA) is 41.1 Å². The number of carbonyl (C=O) groups excluding carboxylic acids is 1. The number of amides is 2. The fourth-order valence-corrected chi connectivity index (χ4v) is 2.73. The lowest BCUT2D eigenvalue weighted by molar-refractivity contribution is 0.255. The third-order valence-corrected chi connectivity index (χ3v) is 3.87. The largest absolute Gasteiger partial charge is 0.323 e. The lowest BCUT2D eigenvalue weighted by atomic mass is 10.1. The molecule has 3 nitrogen and oxygen atoms in total. The summed E-state index contributed by atoms with van der Waals surface area (Å²) in [5, 5.41) is 7.70. The highest BCUT2D eigenvalue weighted by Gasteiger charge is 2.03. The van der Waals surface area contributed by atoms with E-state index in [2.05, 4.69) is 26.6 Å². The Morgan fingerprint density at radius 1 is 0.957 bits per heavy atom. The second-order valence-electron chi connectivity index (χ2n) is 5.01. The fourth-order valence-electron chi connectivity index (χ4n) is 2.32. The zero-order chi connectivity index (χ0) is 16.1. The summed E-state index contributed by atoms with van der Waals surface area (Å²) in [6, 6.07) is 21.3. The van der Waals surface area contributed by atoms with Crippen LogP contribution in [0.4, 0.5) is 10.5 Å². The predicted molar refractivity (Wildman–Crippen MR) is 99.3 cm³/mol. The standard InChI is InChI=1S/C19H15BrN2O/c20-16-8-3-5-14(13-16)11-12-21-19(23)22-18-10-4-7-15-6-1-2-9-17(15)18/h1-13H,(H2,21,22,23)/b12-11+. The van der Waals surface area contributed by atoms with E-state index in [0.29, 0.717) is 0 Å². The molecule has 3 rings (SSSR count). The van der Waals surface area contributed by atoms with Crippen LogP contribution in [0.15, 0.2) is 77.4 Å². The summed E-state index contributed by atoms with van der Waals surface area (Å²) < 4.78 is 1.000. The molecule has 0 heterocycles. The highest BCUT2D eigenvalue weighted by Crippen LogP contribution is 2.22. The molecule has 23 heavy (non-hydrogen) atoms. The first-order chi connectivity index (χ1) is 11.2. The van der Waals surface area contributed by atoms with Crippen molar-refractivity contribution in [2.24, 2.45) is 0 Å². The number of nitrogens with one attached hydrogen (secondary N) is 2. The third kappa shape index (κ3) is 3.99. The summed E-state index contributed by atoms with van der Waals surface area (Å²) in [5.74, 6) is 0. The van der Waals surface area contributed by atoms with Gasteiger partial charge in [-0.3, -0.25) is 0 Å². The number of rotatable bonds is 3. The molecule has 0 atom stereocenters. The van der Waals surface area contributed by atoms with E-state index < -0.39 is 0 Å². The monoisotopic (exact) mass is 366 g/mol. The molecule has 4 heteroatoms. The van der Waals surface area contributed by atoms with E-state index in [1.807, 2.05) is 72.8 Å². The van der Waals surface area contributed by atoms with Crippen molar-refractivity contribution >= 4 is 44.5 Å². The molecular formula is C19H15BrN2O. The average molecular weight is 367 g/mol. The lowest BCUT2D eigenvalue weighted by Crippen LogP contribution is -2.23. The minimum Gasteiger partial charge on any atom is -0.314 e. The van der Waals surface area contributed by atoms with Gasteiger partial charge in [0.05, 0.1) is 5.69 Å². The van der Waals surface area contributed by atoms with Gasteiger partial charge in [0.15, 0.2) is 0 Å². The fraction of sp³-hybridized carbons (Fsp3) is 0. The highest BCUT2D eigenvalue weighted by atomic mass is 79.9. The Labute approximate surface area is 143 Å². The van der Waals surface area contributed by atoms with Gasteiger partial charge in [0.1, 0.15) is 0 Å². The molecule has 0 aliphatic rings. The summed E-state index contributed by atoms with van der Waals surface area (Å²) in [6.45, 7) is 0. The molecule has 0 radical (unpaired) electrons. The molecule has 2 amide bonds. The first kappa shape index (κ1) is 15.3. The Bertz CT molecular complexity index is 869. The van der Waals surface area contributed by atoms with E-state index in [1.165, 1.54) is 0 Å². The van der Waals surface area contributed by atoms with Gasteiger partial charge in [-0.25, -0.2) is 4.79 Å². The Morgan fingerprint density at radius 3 is 2.61 bits per heavy atom. The first-order valence-corrected chi connectivity index (χ1v) is 7.99. The first-order valence-electron chi connectivity index (χ1n) is 7.20. The molecule has 3 aromatic carbocycles. The maximum Gasteiger partial charge on any atom is 0.323 e. The maximum absolute atomic E-state index is 12.0. The van der Waals surface area contributed by atoms with Crippen LogP contribution in [0.3, 0.4) is 0 Å². The van der Waals surface area contributed by atoms with E-state index in [1.54, 1.807) is 6.20 Å². The zero-order valence-corrected chi connectivity index (χ0v) is 13.9. The van der Waals surface area contributed by atoms with Gasteiger partial charge >= 0.3 is 6.03 Å². The number of hydrogen-bond acceptors (Lipinski definition) is 1. The van der Waals surface area contributed by atoms with Gasteiger partial charge in [-0.05, 0) is 35.2 Å². The third-order valence-electron chi connectivity index (χ3n) is 3.38. The Hall–Kier alpha value is -2.59. The Kier molecular flexibility index (Phi) is 4.74. The van der Waals surface area contributed by atoms with Crippen molar-refractivity contribution in [1.82, 2.24) is 5.32 Å². The van der Waals surface area contributed by atoms with E-state index in [0.717, 1.165) is 26.5 Å². The van der Waals surface area contributed by atoms with Gasteiger partial charge in [-0.15, -0.1) is 0 Å². The Balaban J connectivity index is 1.67. The highest BCUT2D eigenvalue weighted by molar-refractivity contribution is 9.10. The summed E-state index contributed by atoms with van der Waals surface area (Å²) in [6.07, 6.45) is 3.47. The van der Waals surface area contributed by atoms with Crippen LogP contribution in [0.25, 0.3) is 16.8 Å². The smallest absolute Gasteiger partial charge is 0.314 e. The molecule has 0 unspecified atom stereocenters. The van der Waals surface area contributed by atoms with Crippen LogP contribution in [0.1, 0.15) is 5.56 Å². The van der Waals surface area contributed by atoms with Crippen molar-refractivity contribution in [3.63, 3.8) is 0 Å². The summed E-state index contributed by atoms with van der Waals surface area (Å²) >= 11 is 3.42. The molecule has 0 aromatic heterocycles. The zero-order valence-electron chi connectivity index (χ0n) is 12.3. The van der Waals surface area contributed by atoms with Crippen molar-refractivity contribution in [2.45, 2.75) is 0 Å². The molecule has 0 spiro atoms. The van der Waals surface area contributed by atoms with Crippen molar-refractivity contribution in [2.75, 3.05) is 5.32 Å². The van der Waals surface area contributed by atoms with Crippen LogP contribution in [0.5, 0.6) is 0 Å². The molecule has 0 aliphatic heterocycles. The summed E-state index contributed by atoms with van der Waals surface area (Å²) in [4.78, 5) is 12.0. The molecule has 0 bridgehead atoms. The molecule has 3 aromatic rings. The van der Waals surface area contributed by atoms with Crippen LogP contribution in [-0.2, 0) is 0 Å². The molecule has 0 aliphatic carbocycles. The quantitative estimate of drug-likeness (QED) is 0.640. The van der Waals surface area contributed by atoms with Gasteiger partial charge in [0, 0.05) is 16.1 Å². The number of anilines is 1. The van der Waals surface area contributed by atoms with Gasteiger partial charge in [0.2, 0.25) is 0 Å². The van der Waals surface area contributed by atoms with Crippen molar-refractivity contribution in [3.05, 3.63) is 83.0 Å². The summed E-state index contributed by atoms with van der Waals surface area (Å²) in [7, 11) is 0. The van der Waals surface area contributed by atoms with Crippen LogP contribution in [0.2, 0.25) is 0 Å². The van der Waals surface area contributed by atoms with Crippen LogP contribution in [0, 0.1) is 0 Å². The van der Waals surface area contributed by atoms with Crippen molar-refractivity contribution < 1.29 is 4.79 Å². The minimum atomic E-state index is -0.271. The average Bonchev–Trinajstić information content (AvgIpc) is 2.55. The number of hydrogen-bond donors (Lipinski definition) is 2. The second kappa shape index (κ2) is 7.11. The predicted octanol–water partition coefficient (Wildman–Crippen LogP) is 5.39. The summed E-state index contributed by atoms with van der Waals surface area (Å²) in [5.41, 5.74) is 1.79. The SMILES string of the molecule is O=C(N/C=C/c1cccc(Br)c1)Nc1cccc2ccccc12. The molecule has 0 saturated carbocycles. The van der Waals surface area contributed by atoms with Gasteiger partial charge in [0.25, 0.3) is 0 Å². The van der Waals surface area contributed by atoms with Gasteiger partial charge in [-0.2, -0.15) is 0 Å². The maximum atomic E-state index is 12.0. The van der Waals surface area contributed by atoms with E-state index in [-0.39, 0.29) is 6.03 Å². The van der Waals surface area contributed by atoms with Crippen molar-refractivity contribution in [1.29, 1.82) is 0 Å². The van der Waals surface area contributed by atoms with Crippen LogP contribution in [-0.4, -0.2) is 6.03 Å². The molecule has 0 fully saturated rings. The van der Waals surface area contributed by atoms with Crippen LogP contribution < -0.4 is 10.6 Å². The van der Waals surface area contributed by atoms with Crippen LogP contribution >= 0.6 is 15.9 Å². The van der Waals surface area contributed by atoms with Gasteiger partial charge in [-0.1, -0.05) is 64.5 Å².